The fraction of sp³-hybridized carbons (Fsp3) is 0.696. The number of ether oxygens (including phenoxy) is 2. The summed E-state index contributed by atoms with van der Waals surface area (Å²) in [5.74, 6) is 2.51. The number of piperazine rings is 1. The van der Waals surface area contributed by atoms with E-state index in [0.29, 0.717) is 12.6 Å². The summed E-state index contributed by atoms with van der Waals surface area (Å²) in [7, 11) is 3.87. The summed E-state index contributed by atoms with van der Waals surface area (Å²) in [5, 5.41) is 6.84. The number of hydrogen-bond acceptors (Lipinski definition) is 5. The molecule has 1 aliphatic heterocycles. The van der Waals surface area contributed by atoms with Gasteiger partial charge in [-0.2, -0.15) is 0 Å². The van der Waals surface area contributed by atoms with Gasteiger partial charge in [0.05, 0.1) is 20.3 Å². The summed E-state index contributed by atoms with van der Waals surface area (Å²) in [6.45, 7) is 14.1. The lowest BCUT2D eigenvalue weighted by Gasteiger charge is -2.35. The summed E-state index contributed by atoms with van der Waals surface area (Å²) in [6, 6.07) is 6.64. The van der Waals surface area contributed by atoms with Crippen molar-refractivity contribution in [2.75, 3.05) is 66.6 Å². The molecule has 1 aromatic rings. The van der Waals surface area contributed by atoms with E-state index in [9.17, 15) is 0 Å². The highest BCUT2D eigenvalue weighted by Crippen LogP contribution is 2.28. The largest absolute Gasteiger partial charge is 0.493 e. The van der Waals surface area contributed by atoms with E-state index in [1.165, 1.54) is 5.56 Å². The van der Waals surface area contributed by atoms with Crippen LogP contribution >= 0.6 is 24.0 Å². The van der Waals surface area contributed by atoms with E-state index in [4.69, 9.17) is 14.5 Å². The molecule has 7 nitrogen and oxygen atoms in total. The topological polar surface area (TPSA) is 61.4 Å². The maximum Gasteiger partial charge on any atom is 0.191 e. The maximum atomic E-state index is 5.68. The maximum absolute atomic E-state index is 5.68. The van der Waals surface area contributed by atoms with E-state index in [-0.39, 0.29) is 24.0 Å². The van der Waals surface area contributed by atoms with Crippen molar-refractivity contribution in [2.45, 2.75) is 39.7 Å². The number of nitrogens with zero attached hydrogens (tertiary/aromatic N) is 3. The second-order valence-corrected chi connectivity index (χ2v) is 7.86. The van der Waals surface area contributed by atoms with Crippen molar-refractivity contribution in [3.63, 3.8) is 0 Å². The monoisotopic (exact) mass is 547 g/mol. The summed E-state index contributed by atoms with van der Waals surface area (Å²) < 4.78 is 11.0. The van der Waals surface area contributed by atoms with Crippen LogP contribution in [0.25, 0.3) is 0 Å². The molecule has 1 fully saturated rings. The minimum Gasteiger partial charge on any atom is -0.493 e. The first kappa shape index (κ1) is 27.8. The molecule has 0 aromatic heterocycles. The molecule has 1 saturated heterocycles. The first-order valence-electron chi connectivity index (χ1n) is 11.3. The van der Waals surface area contributed by atoms with Gasteiger partial charge >= 0.3 is 0 Å². The number of benzene rings is 1. The quantitative estimate of drug-likeness (QED) is 0.192. The Hall–Kier alpha value is -1.26. The van der Waals surface area contributed by atoms with E-state index in [0.717, 1.165) is 76.1 Å². The third-order valence-corrected chi connectivity index (χ3v) is 5.48. The zero-order valence-electron chi connectivity index (χ0n) is 19.9. The van der Waals surface area contributed by atoms with Gasteiger partial charge in [0, 0.05) is 45.3 Å². The molecule has 1 heterocycles. The van der Waals surface area contributed by atoms with E-state index in [2.05, 4.69) is 53.5 Å². The normalized spacial score (nSPS) is 16.4. The second-order valence-electron chi connectivity index (χ2n) is 7.86. The summed E-state index contributed by atoms with van der Waals surface area (Å²) in [4.78, 5) is 9.74. The molecule has 0 bridgehead atoms. The zero-order valence-corrected chi connectivity index (χ0v) is 22.3. The number of rotatable bonds is 11. The minimum atomic E-state index is 0. The molecular formula is C23H42IN5O2. The summed E-state index contributed by atoms with van der Waals surface area (Å²) in [5.41, 5.74) is 1.26. The van der Waals surface area contributed by atoms with Gasteiger partial charge in [0.2, 0.25) is 0 Å². The fourth-order valence-electron chi connectivity index (χ4n) is 3.59. The van der Waals surface area contributed by atoms with Gasteiger partial charge in [0.25, 0.3) is 0 Å². The lowest BCUT2D eigenvalue weighted by molar-refractivity contribution is 0.122. The molecule has 0 radical (unpaired) electrons. The number of likely N-dealkylation sites (N-methyl/N-ethyl adjacent to an activating group) is 1. The molecule has 1 unspecified atom stereocenters. The van der Waals surface area contributed by atoms with Crippen molar-refractivity contribution < 1.29 is 9.47 Å². The Morgan fingerprint density at radius 3 is 2.52 bits per heavy atom. The number of guanidine groups is 1. The smallest absolute Gasteiger partial charge is 0.191 e. The van der Waals surface area contributed by atoms with Crippen LogP contribution in [-0.4, -0.2) is 88.4 Å². The Morgan fingerprint density at radius 2 is 1.87 bits per heavy atom. The van der Waals surface area contributed by atoms with E-state index < -0.39 is 0 Å². The zero-order chi connectivity index (χ0) is 21.8. The van der Waals surface area contributed by atoms with Crippen LogP contribution in [-0.2, 0) is 6.42 Å². The van der Waals surface area contributed by atoms with Crippen LogP contribution in [0.15, 0.2) is 23.2 Å². The molecule has 31 heavy (non-hydrogen) atoms. The summed E-state index contributed by atoms with van der Waals surface area (Å²) in [6.07, 6.45) is 2.00. The highest BCUT2D eigenvalue weighted by atomic mass is 127. The molecule has 0 amide bonds. The second kappa shape index (κ2) is 15.5. The Balaban J connectivity index is 0.00000480. The molecule has 2 N–H and O–H groups in total. The Kier molecular flexibility index (Phi) is 13.9. The molecule has 1 aromatic carbocycles. The Morgan fingerprint density at radius 1 is 1.13 bits per heavy atom. The van der Waals surface area contributed by atoms with Crippen molar-refractivity contribution in [1.29, 1.82) is 0 Å². The highest BCUT2D eigenvalue weighted by molar-refractivity contribution is 14.0. The van der Waals surface area contributed by atoms with Crippen LogP contribution in [0, 0.1) is 0 Å². The Bertz CT molecular complexity index is 651. The molecule has 1 aliphatic rings. The molecule has 0 aliphatic carbocycles. The van der Waals surface area contributed by atoms with Crippen molar-refractivity contribution >= 4 is 29.9 Å². The van der Waals surface area contributed by atoms with Crippen LogP contribution in [0.5, 0.6) is 11.5 Å². The van der Waals surface area contributed by atoms with Gasteiger partial charge in [0.1, 0.15) is 0 Å². The van der Waals surface area contributed by atoms with Crippen molar-refractivity contribution in [3.8, 4) is 11.5 Å². The average molecular weight is 548 g/mol. The number of methoxy groups -OCH3 is 1. The van der Waals surface area contributed by atoms with Crippen LogP contribution in [0.2, 0.25) is 0 Å². The van der Waals surface area contributed by atoms with E-state index in [1.807, 2.05) is 13.0 Å². The van der Waals surface area contributed by atoms with E-state index >= 15 is 0 Å². The number of aryl methyl sites for hydroxylation is 1. The van der Waals surface area contributed by atoms with Crippen molar-refractivity contribution in [3.05, 3.63) is 23.8 Å². The highest BCUT2D eigenvalue weighted by Gasteiger charge is 2.18. The van der Waals surface area contributed by atoms with E-state index in [1.54, 1.807) is 7.11 Å². The van der Waals surface area contributed by atoms with Gasteiger partial charge < -0.3 is 25.0 Å². The third-order valence-electron chi connectivity index (χ3n) is 5.48. The number of hydrogen-bond donors (Lipinski definition) is 2. The Labute approximate surface area is 206 Å². The summed E-state index contributed by atoms with van der Waals surface area (Å²) >= 11 is 0. The van der Waals surface area contributed by atoms with Gasteiger partial charge in [-0.15, -0.1) is 24.0 Å². The first-order chi connectivity index (χ1) is 14.6. The van der Waals surface area contributed by atoms with Gasteiger partial charge in [-0.05, 0) is 58.4 Å². The average Bonchev–Trinajstić information content (AvgIpc) is 2.75. The minimum absolute atomic E-state index is 0. The molecular weight excluding hydrogens is 505 g/mol. The third kappa shape index (κ3) is 9.82. The predicted octanol–water partition coefficient (Wildman–Crippen LogP) is 2.84. The van der Waals surface area contributed by atoms with Crippen molar-refractivity contribution in [2.24, 2.45) is 4.99 Å². The first-order valence-corrected chi connectivity index (χ1v) is 11.3. The van der Waals surface area contributed by atoms with Crippen LogP contribution < -0.4 is 20.1 Å². The molecule has 0 saturated carbocycles. The van der Waals surface area contributed by atoms with Gasteiger partial charge in [-0.25, -0.2) is 0 Å². The van der Waals surface area contributed by atoms with Crippen LogP contribution in [0.1, 0.15) is 32.8 Å². The molecule has 1 atom stereocenters. The van der Waals surface area contributed by atoms with Gasteiger partial charge in [-0.3, -0.25) is 9.89 Å². The lowest BCUT2D eigenvalue weighted by Crippen LogP contribution is -2.49. The molecule has 2 rings (SSSR count). The fourth-order valence-corrected chi connectivity index (χ4v) is 3.59. The van der Waals surface area contributed by atoms with Crippen LogP contribution in [0.4, 0.5) is 0 Å². The van der Waals surface area contributed by atoms with Crippen LogP contribution in [0.3, 0.4) is 0 Å². The molecule has 8 heteroatoms. The number of halogens is 1. The number of aliphatic imine (C=N–C) groups is 1. The van der Waals surface area contributed by atoms with Gasteiger partial charge in [0.15, 0.2) is 17.5 Å². The number of nitrogens with one attached hydrogen (secondary N) is 2. The van der Waals surface area contributed by atoms with Crippen molar-refractivity contribution in [1.82, 2.24) is 20.4 Å². The standard InChI is InChI=1S/C23H41N5O2.HI/c1-6-24-23(26-18-19(3)28-15-13-27(4)14-16-28)25-12-8-9-20-10-11-21(29-5)22(17-20)30-7-2;/h10-11,17,19H,6-9,12-16,18H2,1-5H3,(H2,24,25,26);1H. The molecule has 0 spiro atoms. The van der Waals surface area contributed by atoms with Gasteiger partial charge in [-0.1, -0.05) is 6.07 Å². The SMILES string of the molecule is CCNC(=NCC(C)N1CCN(C)CC1)NCCCc1ccc(OC)c(OCC)c1.I. The molecule has 178 valence electrons. The predicted molar refractivity (Wildman–Crippen MR) is 140 cm³/mol. The lowest BCUT2D eigenvalue weighted by atomic mass is 10.1.